The van der Waals surface area contributed by atoms with Crippen molar-refractivity contribution in [2.75, 3.05) is 4.31 Å². The lowest BCUT2D eigenvalue weighted by Gasteiger charge is -2.27. The van der Waals surface area contributed by atoms with Crippen LogP contribution in [0.1, 0.15) is 17.2 Å². The van der Waals surface area contributed by atoms with Crippen molar-refractivity contribution in [1.82, 2.24) is 4.57 Å². The minimum absolute atomic E-state index is 0.0395. The van der Waals surface area contributed by atoms with Gasteiger partial charge in [-0.05, 0) is 59.7 Å². The van der Waals surface area contributed by atoms with Gasteiger partial charge in [0.15, 0.2) is 0 Å². The molecule has 0 fully saturated rings. The van der Waals surface area contributed by atoms with Crippen LogP contribution in [0, 0.1) is 11.3 Å². The van der Waals surface area contributed by atoms with Crippen molar-refractivity contribution in [3.05, 3.63) is 116 Å². The van der Waals surface area contributed by atoms with E-state index in [2.05, 4.69) is 0 Å². The summed E-state index contributed by atoms with van der Waals surface area (Å²) in [4.78, 5) is 12.9. The Balaban J connectivity index is 1.79. The molecule has 174 valence electrons. The second-order valence-corrected chi connectivity index (χ2v) is 10.7. The topological polar surface area (TPSA) is 83.2 Å². The standard InChI is InChI=1S/C26H17Cl2N3O3S/c27-20-8-4-18(5-9-20)23-12-13-25(32)30-16-24(19-6-10-21(28)11-7-19)31(26(23)30)35(33,34)22-3-1-2-17(14-22)15-29/h1-14,24H,16H2/t24-/m0/s1. The van der Waals surface area contributed by atoms with E-state index in [1.54, 1.807) is 54.6 Å². The van der Waals surface area contributed by atoms with E-state index in [1.165, 1.54) is 39.2 Å². The highest BCUT2D eigenvalue weighted by molar-refractivity contribution is 7.92. The summed E-state index contributed by atoms with van der Waals surface area (Å²) in [6, 6.07) is 24.0. The fourth-order valence-electron chi connectivity index (χ4n) is 4.28. The molecular formula is C26H17Cl2N3O3S. The predicted octanol–water partition coefficient (Wildman–Crippen LogP) is 5.64. The molecule has 0 N–H and O–H groups in total. The highest BCUT2D eigenvalue weighted by Gasteiger charge is 2.42. The molecule has 4 aromatic rings. The SMILES string of the molecule is N#Cc1cccc(S(=O)(=O)N2c3c(-c4ccc(Cl)cc4)ccc(=O)n3C[C@H]2c2ccc(Cl)cc2)c1. The maximum atomic E-state index is 14.1. The highest BCUT2D eigenvalue weighted by Crippen LogP contribution is 2.44. The molecule has 2 heterocycles. The van der Waals surface area contributed by atoms with E-state index in [1.807, 2.05) is 6.07 Å². The Morgan fingerprint density at radius 2 is 1.54 bits per heavy atom. The quantitative estimate of drug-likeness (QED) is 0.347. The third-order valence-electron chi connectivity index (χ3n) is 5.93. The number of fused-ring (bicyclic) bond motifs is 1. The van der Waals surface area contributed by atoms with E-state index >= 15 is 0 Å². The number of sulfonamides is 1. The van der Waals surface area contributed by atoms with Crippen LogP contribution in [0.2, 0.25) is 10.0 Å². The van der Waals surface area contributed by atoms with E-state index in [0.717, 1.165) is 0 Å². The number of nitriles is 1. The average molecular weight is 522 g/mol. The van der Waals surface area contributed by atoms with E-state index in [9.17, 15) is 18.5 Å². The van der Waals surface area contributed by atoms with Gasteiger partial charge in [-0.25, -0.2) is 12.7 Å². The first-order chi connectivity index (χ1) is 16.8. The van der Waals surface area contributed by atoms with Gasteiger partial charge in [-0.2, -0.15) is 5.26 Å². The highest BCUT2D eigenvalue weighted by atomic mass is 35.5. The van der Waals surface area contributed by atoms with Crippen molar-refractivity contribution in [3.8, 4) is 17.2 Å². The van der Waals surface area contributed by atoms with Crippen molar-refractivity contribution in [1.29, 1.82) is 5.26 Å². The predicted molar refractivity (Wildman–Crippen MR) is 136 cm³/mol. The van der Waals surface area contributed by atoms with Crippen LogP contribution in [0.4, 0.5) is 5.82 Å². The lowest BCUT2D eigenvalue weighted by atomic mass is 10.1. The molecule has 1 aromatic heterocycles. The zero-order valence-electron chi connectivity index (χ0n) is 18.1. The number of pyridine rings is 1. The van der Waals surface area contributed by atoms with Gasteiger partial charge in [-0.1, -0.05) is 53.5 Å². The van der Waals surface area contributed by atoms with Crippen LogP contribution in [0.3, 0.4) is 0 Å². The number of rotatable bonds is 4. The molecule has 6 nitrogen and oxygen atoms in total. The number of hydrogen-bond acceptors (Lipinski definition) is 4. The summed E-state index contributed by atoms with van der Waals surface area (Å²) in [7, 11) is -4.18. The normalized spacial score (nSPS) is 15.0. The Hall–Kier alpha value is -3.57. The minimum atomic E-state index is -4.18. The van der Waals surface area contributed by atoms with Crippen LogP contribution < -0.4 is 9.86 Å². The molecule has 3 aromatic carbocycles. The molecule has 1 atom stereocenters. The fraction of sp³-hybridized carbons (Fsp3) is 0.0769. The number of benzene rings is 3. The molecule has 0 saturated carbocycles. The maximum absolute atomic E-state index is 14.1. The van der Waals surface area contributed by atoms with Crippen molar-refractivity contribution in [2.24, 2.45) is 0 Å². The molecule has 0 amide bonds. The van der Waals surface area contributed by atoms with Gasteiger partial charge < -0.3 is 0 Å². The Kier molecular flexibility index (Phi) is 5.89. The molecule has 1 aliphatic heterocycles. The largest absolute Gasteiger partial charge is 0.291 e. The van der Waals surface area contributed by atoms with Gasteiger partial charge in [0, 0.05) is 21.7 Å². The van der Waals surface area contributed by atoms with E-state index in [0.29, 0.717) is 26.7 Å². The summed E-state index contributed by atoms with van der Waals surface area (Å²) < 4.78 is 31.0. The fourth-order valence-corrected chi connectivity index (χ4v) is 6.23. The third kappa shape index (κ3) is 4.10. The molecule has 5 rings (SSSR count). The van der Waals surface area contributed by atoms with Gasteiger partial charge in [-0.15, -0.1) is 0 Å². The Bertz CT molecular complexity index is 1640. The van der Waals surface area contributed by atoms with Crippen molar-refractivity contribution < 1.29 is 8.42 Å². The van der Waals surface area contributed by atoms with Gasteiger partial charge in [0.05, 0.1) is 29.1 Å². The first-order valence-corrected chi connectivity index (χ1v) is 12.8. The molecule has 0 unspecified atom stereocenters. The molecule has 1 aliphatic rings. The molecule has 0 aliphatic carbocycles. The summed E-state index contributed by atoms with van der Waals surface area (Å²) in [6.07, 6.45) is 0. The molecule has 0 spiro atoms. The summed E-state index contributed by atoms with van der Waals surface area (Å²) >= 11 is 12.1. The zero-order valence-corrected chi connectivity index (χ0v) is 20.4. The lowest BCUT2D eigenvalue weighted by molar-refractivity contribution is 0.576. The molecule has 0 bridgehead atoms. The van der Waals surface area contributed by atoms with E-state index in [-0.39, 0.29) is 28.4 Å². The Morgan fingerprint density at radius 1 is 0.886 bits per heavy atom. The van der Waals surface area contributed by atoms with Crippen LogP contribution in [0.15, 0.2) is 94.6 Å². The summed E-state index contributed by atoms with van der Waals surface area (Å²) in [5, 5.41) is 10.4. The van der Waals surface area contributed by atoms with Crippen LogP contribution in [-0.2, 0) is 16.6 Å². The smallest absolute Gasteiger partial charge is 0.266 e. The first kappa shape index (κ1) is 23.2. The van der Waals surface area contributed by atoms with Crippen LogP contribution >= 0.6 is 23.2 Å². The maximum Gasteiger partial charge on any atom is 0.266 e. The second-order valence-electron chi connectivity index (χ2n) is 8.03. The number of hydrogen-bond donors (Lipinski definition) is 0. The van der Waals surface area contributed by atoms with Crippen molar-refractivity contribution >= 4 is 39.0 Å². The molecule has 9 heteroatoms. The average Bonchev–Trinajstić information content (AvgIpc) is 3.28. The third-order valence-corrected chi connectivity index (χ3v) is 8.23. The van der Waals surface area contributed by atoms with E-state index < -0.39 is 16.1 Å². The number of nitrogens with zero attached hydrogens (tertiary/aromatic N) is 3. The van der Waals surface area contributed by atoms with Crippen LogP contribution in [0.5, 0.6) is 0 Å². The van der Waals surface area contributed by atoms with Crippen molar-refractivity contribution in [3.63, 3.8) is 0 Å². The Morgan fingerprint density at radius 3 is 2.20 bits per heavy atom. The first-order valence-electron chi connectivity index (χ1n) is 10.6. The van der Waals surface area contributed by atoms with Gasteiger partial charge in [0.2, 0.25) is 0 Å². The van der Waals surface area contributed by atoms with Crippen LogP contribution in [-0.4, -0.2) is 13.0 Å². The second kappa shape index (κ2) is 8.90. The zero-order chi connectivity index (χ0) is 24.7. The van der Waals surface area contributed by atoms with Crippen LogP contribution in [0.25, 0.3) is 11.1 Å². The van der Waals surface area contributed by atoms with E-state index in [4.69, 9.17) is 23.2 Å². The molecule has 0 saturated heterocycles. The number of aromatic nitrogens is 1. The van der Waals surface area contributed by atoms with Gasteiger partial charge in [0.1, 0.15) is 5.82 Å². The Labute approximate surface area is 212 Å². The summed E-state index contributed by atoms with van der Waals surface area (Å²) in [6.45, 7) is 0.119. The number of halogens is 2. The monoisotopic (exact) mass is 521 g/mol. The minimum Gasteiger partial charge on any atom is -0.291 e. The van der Waals surface area contributed by atoms with Gasteiger partial charge in [0.25, 0.3) is 15.6 Å². The molecular weight excluding hydrogens is 505 g/mol. The number of anilines is 1. The molecule has 0 radical (unpaired) electrons. The van der Waals surface area contributed by atoms with Gasteiger partial charge in [-0.3, -0.25) is 9.36 Å². The van der Waals surface area contributed by atoms with Crippen molar-refractivity contribution in [2.45, 2.75) is 17.5 Å². The summed E-state index contributed by atoms with van der Waals surface area (Å²) in [5.41, 5.74) is 1.86. The molecule has 35 heavy (non-hydrogen) atoms. The summed E-state index contributed by atoms with van der Waals surface area (Å²) in [5.74, 6) is 0.252. The van der Waals surface area contributed by atoms with Gasteiger partial charge >= 0.3 is 0 Å². The lowest BCUT2D eigenvalue weighted by Crippen LogP contribution is -2.32.